The molecule has 0 saturated carbocycles. The van der Waals surface area contributed by atoms with Crippen LogP contribution in [-0.4, -0.2) is 31.7 Å². The van der Waals surface area contributed by atoms with E-state index in [1.54, 1.807) is 50.4 Å². The second kappa shape index (κ2) is 11.0. The third kappa shape index (κ3) is 6.30. The van der Waals surface area contributed by atoms with Crippen molar-refractivity contribution < 1.29 is 23.8 Å². The Morgan fingerprint density at radius 2 is 1.75 bits per heavy atom. The molecule has 0 bridgehead atoms. The van der Waals surface area contributed by atoms with Gasteiger partial charge in [-0.05, 0) is 49.7 Å². The molecule has 150 valence electrons. The van der Waals surface area contributed by atoms with Gasteiger partial charge in [-0.15, -0.1) is 0 Å². The molecule has 28 heavy (non-hydrogen) atoms. The average molecular weight is 385 g/mol. The number of esters is 1. The fourth-order valence-electron chi connectivity index (χ4n) is 2.52. The lowest BCUT2D eigenvalue weighted by atomic mass is 10.2. The van der Waals surface area contributed by atoms with Crippen LogP contribution in [0.2, 0.25) is 0 Å². The van der Waals surface area contributed by atoms with E-state index in [4.69, 9.17) is 14.2 Å². The smallest absolute Gasteiger partial charge is 0.347 e. The minimum absolute atomic E-state index is 0.264. The molecule has 0 radical (unpaired) electrons. The Morgan fingerprint density at radius 3 is 2.43 bits per heavy atom. The van der Waals surface area contributed by atoms with Crippen LogP contribution < -0.4 is 14.8 Å². The van der Waals surface area contributed by atoms with Gasteiger partial charge in [-0.2, -0.15) is 0 Å². The number of unbranched alkanes of at least 4 members (excludes halogenated alkanes) is 2. The number of rotatable bonds is 10. The van der Waals surface area contributed by atoms with E-state index in [0.29, 0.717) is 29.4 Å². The predicted molar refractivity (Wildman–Crippen MR) is 108 cm³/mol. The number of hydrogen-bond acceptors (Lipinski definition) is 5. The molecule has 2 rings (SSSR count). The van der Waals surface area contributed by atoms with Crippen molar-refractivity contribution in [3.05, 3.63) is 54.1 Å². The van der Waals surface area contributed by atoms with Crippen LogP contribution in [0.3, 0.4) is 0 Å². The van der Waals surface area contributed by atoms with E-state index in [-0.39, 0.29) is 5.91 Å². The Morgan fingerprint density at radius 1 is 1.04 bits per heavy atom. The number of nitrogens with one attached hydrogen (secondary N) is 1. The maximum Gasteiger partial charge on any atom is 0.347 e. The molecule has 0 fully saturated rings. The van der Waals surface area contributed by atoms with Crippen LogP contribution in [0.15, 0.2) is 48.5 Å². The third-order valence-corrected chi connectivity index (χ3v) is 4.11. The van der Waals surface area contributed by atoms with E-state index in [1.165, 1.54) is 0 Å². The summed E-state index contributed by atoms with van der Waals surface area (Å²) in [4.78, 5) is 24.3. The van der Waals surface area contributed by atoms with Crippen LogP contribution in [0.4, 0.5) is 5.69 Å². The molecule has 1 N–H and O–H groups in total. The van der Waals surface area contributed by atoms with Gasteiger partial charge in [-0.3, -0.25) is 4.79 Å². The van der Waals surface area contributed by atoms with Gasteiger partial charge in [0.1, 0.15) is 11.5 Å². The first-order chi connectivity index (χ1) is 13.5. The van der Waals surface area contributed by atoms with E-state index in [2.05, 4.69) is 12.2 Å². The number of ether oxygens (including phenoxy) is 3. The van der Waals surface area contributed by atoms with E-state index < -0.39 is 12.1 Å². The Bertz CT molecular complexity index is 773. The van der Waals surface area contributed by atoms with Gasteiger partial charge >= 0.3 is 5.97 Å². The van der Waals surface area contributed by atoms with Gasteiger partial charge in [-0.1, -0.05) is 31.9 Å². The zero-order valence-electron chi connectivity index (χ0n) is 16.6. The Hall–Kier alpha value is -3.02. The van der Waals surface area contributed by atoms with Crippen molar-refractivity contribution in [1.29, 1.82) is 0 Å². The van der Waals surface area contributed by atoms with E-state index in [0.717, 1.165) is 19.3 Å². The van der Waals surface area contributed by atoms with Crippen molar-refractivity contribution in [3.63, 3.8) is 0 Å². The second-order valence-electron chi connectivity index (χ2n) is 6.31. The zero-order valence-corrected chi connectivity index (χ0v) is 16.6. The summed E-state index contributed by atoms with van der Waals surface area (Å²) in [6, 6.07) is 13.8. The van der Waals surface area contributed by atoms with Crippen molar-refractivity contribution in [2.24, 2.45) is 0 Å². The first kappa shape index (κ1) is 21.3. The van der Waals surface area contributed by atoms with Gasteiger partial charge < -0.3 is 19.5 Å². The highest BCUT2D eigenvalue weighted by Crippen LogP contribution is 2.24. The Kier molecular flexibility index (Phi) is 8.34. The van der Waals surface area contributed by atoms with Gasteiger partial charge in [0.15, 0.2) is 6.10 Å². The van der Waals surface area contributed by atoms with Crippen molar-refractivity contribution in [1.82, 2.24) is 0 Å². The number of benzene rings is 2. The molecule has 0 unspecified atom stereocenters. The molecular weight excluding hydrogens is 358 g/mol. The lowest BCUT2D eigenvalue weighted by Gasteiger charge is -2.14. The molecule has 0 aromatic heterocycles. The monoisotopic (exact) mass is 385 g/mol. The first-order valence-electron chi connectivity index (χ1n) is 9.43. The summed E-state index contributed by atoms with van der Waals surface area (Å²) in [5, 5.41) is 2.81. The largest absolute Gasteiger partial charge is 0.495 e. The molecule has 0 saturated heterocycles. The highest BCUT2D eigenvalue weighted by atomic mass is 16.6. The number of hydrogen-bond donors (Lipinski definition) is 1. The summed E-state index contributed by atoms with van der Waals surface area (Å²) in [6.45, 7) is 4.14. The van der Waals surface area contributed by atoms with Gasteiger partial charge in [0.25, 0.3) is 5.91 Å². The molecule has 2 aromatic carbocycles. The normalized spacial score (nSPS) is 11.4. The van der Waals surface area contributed by atoms with Crippen LogP contribution in [0.5, 0.6) is 11.5 Å². The number of anilines is 1. The van der Waals surface area contributed by atoms with Gasteiger partial charge in [-0.25, -0.2) is 4.79 Å². The molecule has 0 aliphatic heterocycles. The van der Waals surface area contributed by atoms with Crippen molar-refractivity contribution in [2.75, 3.05) is 19.0 Å². The SMILES string of the molecule is CCCCCOC(=O)[C@H](C)Oc1ccc(C(=O)Nc2ccccc2OC)cc1. The highest BCUT2D eigenvalue weighted by molar-refractivity contribution is 6.05. The average Bonchev–Trinajstić information content (AvgIpc) is 2.72. The molecular formula is C22H27NO5. The molecule has 0 aliphatic carbocycles. The van der Waals surface area contributed by atoms with Crippen LogP contribution in [0.25, 0.3) is 0 Å². The van der Waals surface area contributed by atoms with Crippen LogP contribution >= 0.6 is 0 Å². The molecule has 2 aromatic rings. The van der Waals surface area contributed by atoms with Crippen molar-refractivity contribution in [3.8, 4) is 11.5 Å². The minimum Gasteiger partial charge on any atom is -0.495 e. The Labute approximate surface area is 165 Å². The number of amides is 1. The van der Waals surface area contributed by atoms with Crippen LogP contribution in [0, 0.1) is 0 Å². The van der Waals surface area contributed by atoms with Crippen LogP contribution in [-0.2, 0) is 9.53 Å². The number of para-hydroxylation sites is 2. The first-order valence-corrected chi connectivity index (χ1v) is 9.43. The summed E-state index contributed by atoms with van der Waals surface area (Å²) in [5.41, 5.74) is 1.06. The summed E-state index contributed by atoms with van der Waals surface area (Å²) in [5.74, 6) is 0.419. The second-order valence-corrected chi connectivity index (χ2v) is 6.31. The molecule has 0 heterocycles. The topological polar surface area (TPSA) is 73.9 Å². The van der Waals surface area contributed by atoms with Crippen LogP contribution in [0.1, 0.15) is 43.5 Å². The highest BCUT2D eigenvalue weighted by Gasteiger charge is 2.16. The molecule has 1 amide bonds. The fraction of sp³-hybridized carbons (Fsp3) is 0.364. The van der Waals surface area contributed by atoms with Gasteiger partial charge in [0, 0.05) is 5.56 Å². The number of carbonyl (C=O) groups excluding carboxylic acids is 2. The summed E-state index contributed by atoms with van der Waals surface area (Å²) in [6.07, 6.45) is 2.24. The third-order valence-electron chi connectivity index (χ3n) is 4.11. The minimum atomic E-state index is -0.713. The standard InChI is InChI=1S/C22H27NO5/c1-4-5-8-15-27-22(25)16(2)28-18-13-11-17(12-14-18)21(24)23-19-9-6-7-10-20(19)26-3/h6-7,9-14,16H,4-5,8,15H2,1-3H3,(H,23,24)/t16-/m0/s1. The maximum absolute atomic E-state index is 12.4. The van der Waals surface area contributed by atoms with E-state index in [9.17, 15) is 9.59 Å². The molecule has 6 heteroatoms. The van der Waals surface area contributed by atoms with Crippen molar-refractivity contribution in [2.45, 2.75) is 39.2 Å². The van der Waals surface area contributed by atoms with E-state index in [1.807, 2.05) is 12.1 Å². The summed E-state index contributed by atoms with van der Waals surface area (Å²) >= 11 is 0. The zero-order chi connectivity index (χ0) is 20.4. The summed E-state index contributed by atoms with van der Waals surface area (Å²) in [7, 11) is 1.55. The van der Waals surface area contributed by atoms with Gasteiger partial charge in [0.05, 0.1) is 19.4 Å². The number of carbonyl (C=O) groups is 2. The quantitative estimate of drug-likeness (QED) is 0.483. The number of methoxy groups -OCH3 is 1. The molecule has 1 atom stereocenters. The summed E-state index contributed by atoms with van der Waals surface area (Å²) < 4.78 is 16.0. The van der Waals surface area contributed by atoms with Crippen molar-refractivity contribution >= 4 is 17.6 Å². The molecule has 0 aliphatic rings. The molecule has 0 spiro atoms. The molecule has 6 nitrogen and oxygen atoms in total. The fourth-order valence-corrected chi connectivity index (χ4v) is 2.52. The Balaban J connectivity index is 1.90. The lowest BCUT2D eigenvalue weighted by molar-refractivity contribution is -0.151. The maximum atomic E-state index is 12.4. The lowest BCUT2D eigenvalue weighted by Crippen LogP contribution is -2.26. The van der Waals surface area contributed by atoms with Gasteiger partial charge in [0.2, 0.25) is 0 Å². The van der Waals surface area contributed by atoms with E-state index >= 15 is 0 Å². The predicted octanol–water partition coefficient (Wildman–Crippen LogP) is 4.45.